The molecular formula is C25H27N7O3S. The zero-order valence-corrected chi connectivity index (χ0v) is 20.7. The van der Waals surface area contributed by atoms with Crippen molar-refractivity contribution in [2.24, 2.45) is 10.4 Å². The van der Waals surface area contributed by atoms with Gasteiger partial charge < -0.3 is 20.6 Å². The third-order valence-corrected chi connectivity index (χ3v) is 7.50. The van der Waals surface area contributed by atoms with Crippen molar-refractivity contribution in [3.63, 3.8) is 0 Å². The van der Waals surface area contributed by atoms with E-state index < -0.39 is 29.2 Å². The lowest BCUT2D eigenvalue weighted by Crippen LogP contribution is -2.69. The predicted molar refractivity (Wildman–Crippen MR) is 140 cm³/mol. The Morgan fingerprint density at radius 2 is 2.17 bits per heavy atom. The zero-order valence-electron chi connectivity index (χ0n) is 19.9. The van der Waals surface area contributed by atoms with E-state index in [4.69, 9.17) is 4.99 Å². The van der Waals surface area contributed by atoms with Crippen molar-refractivity contribution in [2.75, 3.05) is 18.0 Å². The van der Waals surface area contributed by atoms with Gasteiger partial charge in [0.25, 0.3) is 0 Å². The van der Waals surface area contributed by atoms with Crippen LogP contribution >= 0.6 is 11.3 Å². The third-order valence-electron chi connectivity index (χ3n) is 6.63. The van der Waals surface area contributed by atoms with Crippen LogP contribution in [0.15, 0.2) is 59.3 Å². The summed E-state index contributed by atoms with van der Waals surface area (Å²) in [5, 5.41) is 19.0. The number of carboxylic acid groups (broad SMARTS) is 1. The molecule has 4 N–H and O–H groups in total. The minimum absolute atomic E-state index is 0.253. The molecule has 2 aromatic heterocycles. The molecule has 4 heterocycles. The normalized spacial score (nSPS) is 25.3. The Kier molecular flexibility index (Phi) is 6.19. The van der Waals surface area contributed by atoms with Crippen molar-refractivity contribution >= 4 is 45.5 Å². The second-order valence-corrected chi connectivity index (χ2v) is 9.97. The molecule has 3 aromatic rings. The molecule has 0 radical (unpaired) electrons. The molecule has 3 atom stereocenters. The molecule has 0 aliphatic carbocycles. The molecule has 2 amide bonds. The topological polar surface area (TPSA) is 132 Å². The maximum Gasteiger partial charge on any atom is 0.318 e. The SMILES string of the molecule is CCNC(=O)NC1(C2CC(C)(C(=O)O)CN2)N=CC=CN1c1cc(-c2ccccn2)c2scnc2c1. The molecule has 1 fully saturated rings. The van der Waals surface area contributed by atoms with E-state index >= 15 is 0 Å². The molecule has 11 heteroatoms. The van der Waals surface area contributed by atoms with Gasteiger partial charge in [-0.25, -0.2) is 14.8 Å². The Morgan fingerprint density at radius 1 is 1.31 bits per heavy atom. The maximum absolute atomic E-state index is 12.9. The van der Waals surface area contributed by atoms with Crippen molar-refractivity contribution in [2.45, 2.75) is 32.1 Å². The van der Waals surface area contributed by atoms with Crippen LogP contribution < -0.4 is 20.9 Å². The van der Waals surface area contributed by atoms with Gasteiger partial charge in [0.05, 0.1) is 32.9 Å². The maximum atomic E-state index is 12.9. The monoisotopic (exact) mass is 505 g/mol. The first-order valence-electron chi connectivity index (χ1n) is 11.7. The Bertz CT molecular complexity index is 1360. The standard InChI is InChI=1S/C25H27N7O3S/c1-3-26-23(35)31-25(20-13-24(2,14-28-20)22(33)34)30-9-6-10-32(25)16-11-17(18-7-4-5-8-27-18)21-19(12-16)29-15-36-21/h4-12,15,20,28H,3,13-14H2,1-2H3,(H,33,34)(H2,26,31,35). The lowest BCUT2D eigenvalue weighted by atomic mass is 9.86. The number of carboxylic acids is 1. The van der Waals surface area contributed by atoms with Crippen molar-refractivity contribution in [3.05, 3.63) is 54.3 Å². The van der Waals surface area contributed by atoms with Crippen LogP contribution in [0, 0.1) is 5.41 Å². The summed E-state index contributed by atoms with van der Waals surface area (Å²) in [6.07, 6.45) is 7.27. The van der Waals surface area contributed by atoms with Crippen LogP contribution in [0.25, 0.3) is 21.5 Å². The first-order valence-corrected chi connectivity index (χ1v) is 12.6. The van der Waals surface area contributed by atoms with Gasteiger partial charge >= 0.3 is 12.0 Å². The molecule has 0 bridgehead atoms. The summed E-state index contributed by atoms with van der Waals surface area (Å²) in [7, 11) is 0. The molecule has 1 aromatic carbocycles. The van der Waals surface area contributed by atoms with Crippen LogP contribution in [0.1, 0.15) is 20.3 Å². The number of benzene rings is 1. The highest BCUT2D eigenvalue weighted by Gasteiger charge is 2.54. The average Bonchev–Trinajstić information content (AvgIpc) is 3.52. The van der Waals surface area contributed by atoms with Crippen LogP contribution in [-0.4, -0.2) is 58.2 Å². The second-order valence-electron chi connectivity index (χ2n) is 9.11. The van der Waals surface area contributed by atoms with Crippen LogP contribution in [0.3, 0.4) is 0 Å². The van der Waals surface area contributed by atoms with Crippen LogP contribution in [0.2, 0.25) is 0 Å². The van der Waals surface area contributed by atoms with Crippen molar-refractivity contribution in [3.8, 4) is 11.3 Å². The average molecular weight is 506 g/mol. The van der Waals surface area contributed by atoms with Crippen LogP contribution in [0.5, 0.6) is 0 Å². The third kappa shape index (κ3) is 4.10. The summed E-state index contributed by atoms with van der Waals surface area (Å²) in [4.78, 5) is 40.7. The lowest BCUT2D eigenvalue weighted by Gasteiger charge is -2.46. The molecule has 1 saturated heterocycles. The predicted octanol–water partition coefficient (Wildman–Crippen LogP) is 3.19. The highest BCUT2D eigenvalue weighted by Crippen LogP contribution is 2.41. The van der Waals surface area contributed by atoms with Gasteiger partial charge in [0.2, 0.25) is 5.79 Å². The van der Waals surface area contributed by atoms with Gasteiger partial charge in [0.15, 0.2) is 0 Å². The Labute approximate surface area is 212 Å². The number of aromatic nitrogens is 2. The highest BCUT2D eigenvalue weighted by molar-refractivity contribution is 7.17. The first-order chi connectivity index (χ1) is 17.4. The fourth-order valence-corrected chi connectivity index (χ4v) is 5.54. The number of aliphatic carboxylic acids is 1. The minimum Gasteiger partial charge on any atom is -0.481 e. The summed E-state index contributed by atoms with van der Waals surface area (Å²) in [6.45, 7) is 4.22. The van der Waals surface area contributed by atoms with Gasteiger partial charge in [-0.05, 0) is 50.6 Å². The summed E-state index contributed by atoms with van der Waals surface area (Å²) in [5.74, 6) is -2.21. The van der Waals surface area contributed by atoms with Crippen molar-refractivity contribution < 1.29 is 14.7 Å². The molecule has 3 unspecified atom stereocenters. The summed E-state index contributed by atoms with van der Waals surface area (Å²) in [6, 6.07) is 8.80. The van der Waals surface area contributed by atoms with E-state index in [-0.39, 0.29) is 13.0 Å². The number of allylic oxidation sites excluding steroid dienone is 1. The van der Waals surface area contributed by atoms with Crippen molar-refractivity contribution in [1.29, 1.82) is 0 Å². The summed E-state index contributed by atoms with van der Waals surface area (Å²) in [5.41, 5.74) is 4.05. The number of urea groups is 1. The van der Waals surface area contributed by atoms with E-state index in [1.807, 2.05) is 48.4 Å². The van der Waals surface area contributed by atoms with Crippen molar-refractivity contribution in [1.82, 2.24) is 25.9 Å². The van der Waals surface area contributed by atoms with E-state index in [0.29, 0.717) is 6.54 Å². The van der Waals surface area contributed by atoms with Gasteiger partial charge in [0, 0.05) is 43.0 Å². The number of rotatable bonds is 6. The molecule has 0 spiro atoms. The minimum atomic E-state index is -1.31. The van der Waals surface area contributed by atoms with Gasteiger partial charge in [0.1, 0.15) is 0 Å². The molecule has 36 heavy (non-hydrogen) atoms. The van der Waals surface area contributed by atoms with E-state index in [1.54, 1.807) is 30.9 Å². The molecule has 0 saturated carbocycles. The summed E-state index contributed by atoms with van der Waals surface area (Å²) < 4.78 is 1.00. The van der Waals surface area contributed by atoms with Crippen LogP contribution in [-0.2, 0) is 4.79 Å². The molecule has 10 nitrogen and oxygen atoms in total. The number of thiazole rings is 1. The molecule has 2 aliphatic heterocycles. The number of amides is 2. The fraction of sp³-hybridized carbons (Fsp3) is 0.320. The largest absolute Gasteiger partial charge is 0.481 e. The number of anilines is 1. The number of carbonyl (C=O) groups excluding carboxylic acids is 1. The van der Waals surface area contributed by atoms with Gasteiger partial charge in [-0.15, -0.1) is 11.3 Å². The second kappa shape index (κ2) is 9.32. The lowest BCUT2D eigenvalue weighted by molar-refractivity contribution is -0.146. The van der Waals surface area contributed by atoms with E-state index in [0.717, 1.165) is 27.2 Å². The van der Waals surface area contributed by atoms with Crippen LogP contribution in [0.4, 0.5) is 10.5 Å². The fourth-order valence-electron chi connectivity index (χ4n) is 4.75. The zero-order chi connectivity index (χ0) is 25.3. The quantitative estimate of drug-likeness (QED) is 0.405. The molecule has 186 valence electrons. The number of carbonyl (C=O) groups is 2. The highest BCUT2D eigenvalue weighted by atomic mass is 32.1. The summed E-state index contributed by atoms with van der Waals surface area (Å²) >= 11 is 1.53. The smallest absolute Gasteiger partial charge is 0.318 e. The van der Waals surface area contributed by atoms with Gasteiger partial charge in [-0.2, -0.15) is 0 Å². The molecular weight excluding hydrogens is 478 g/mol. The number of pyridine rings is 1. The number of nitrogens with zero attached hydrogens (tertiary/aromatic N) is 4. The molecule has 2 aliphatic rings. The number of hydrogen-bond acceptors (Lipinski definition) is 8. The van der Waals surface area contributed by atoms with E-state index in [1.165, 1.54) is 11.3 Å². The molecule has 5 rings (SSSR count). The number of nitrogens with one attached hydrogen (secondary N) is 3. The number of aliphatic imine (C=N–C) groups is 1. The van der Waals surface area contributed by atoms with Gasteiger partial charge in [-0.3, -0.25) is 15.1 Å². The number of hydrogen-bond donors (Lipinski definition) is 4. The first kappa shape index (κ1) is 23.9. The van der Waals surface area contributed by atoms with E-state index in [9.17, 15) is 14.7 Å². The van der Waals surface area contributed by atoms with E-state index in [2.05, 4.69) is 25.9 Å². The Balaban J connectivity index is 1.65. The Hall–Kier alpha value is -3.83. The Morgan fingerprint density at radius 3 is 2.89 bits per heavy atom. The van der Waals surface area contributed by atoms with Gasteiger partial charge in [-0.1, -0.05) is 6.07 Å². The number of fused-ring (bicyclic) bond motifs is 1.